The second-order valence-corrected chi connectivity index (χ2v) is 4.84. The number of carbonyl (C=O) groups is 2. The molecule has 0 spiro atoms. The van der Waals surface area contributed by atoms with Gasteiger partial charge in [-0.2, -0.15) is 0 Å². The number of amides is 1. The molecule has 0 saturated heterocycles. The summed E-state index contributed by atoms with van der Waals surface area (Å²) in [6.45, 7) is 4.97. The Bertz CT molecular complexity index is 463. The number of ketones is 1. The molecule has 19 heavy (non-hydrogen) atoms. The molecule has 104 valence electrons. The average Bonchev–Trinajstić information content (AvgIpc) is 2.34. The Kier molecular flexibility index (Phi) is 5.76. The number of halogens is 1. The number of nitrogens with one attached hydrogen (secondary N) is 1. The Morgan fingerprint density at radius 1 is 1.47 bits per heavy atom. The van der Waals surface area contributed by atoms with Crippen LogP contribution in [0.2, 0.25) is 5.15 Å². The third-order valence-corrected chi connectivity index (χ3v) is 2.79. The maximum absolute atomic E-state index is 11.7. The van der Waals surface area contributed by atoms with Gasteiger partial charge in [-0.05, 0) is 25.0 Å². The standard InChI is InChI=1S/C13H17ClN2O3/c1-8(2)12(9(3)17)16-11(18)7-19-10-5-4-6-15-13(10)14/h4-6,8,12H,7H2,1-3H3,(H,16,18)/t12-/m1/s1. The van der Waals surface area contributed by atoms with E-state index in [1.807, 2.05) is 13.8 Å². The molecule has 6 heteroatoms. The van der Waals surface area contributed by atoms with Gasteiger partial charge in [-0.25, -0.2) is 4.98 Å². The minimum absolute atomic E-state index is 0.0310. The third kappa shape index (κ3) is 4.87. The molecule has 0 aliphatic carbocycles. The highest BCUT2D eigenvalue weighted by atomic mass is 35.5. The first-order valence-corrected chi connectivity index (χ1v) is 6.32. The van der Waals surface area contributed by atoms with Crippen LogP contribution in [0.25, 0.3) is 0 Å². The number of ether oxygens (including phenoxy) is 1. The summed E-state index contributed by atoms with van der Waals surface area (Å²) < 4.78 is 5.24. The smallest absolute Gasteiger partial charge is 0.258 e. The minimum Gasteiger partial charge on any atom is -0.481 e. The molecule has 0 aliphatic rings. The highest BCUT2D eigenvalue weighted by molar-refractivity contribution is 6.30. The summed E-state index contributed by atoms with van der Waals surface area (Å²) in [5.74, 6) is -0.0803. The Morgan fingerprint density at radius 3 is 2.68 bits per heavy atom. The lowest BCUT2D eigenvalue weighted by Gasteiger charge is -2.19. The number of rotatable bonds is 6. The van der Waals surface area contributed by atoms with Crippen LogP contribution in [0.1, 0.15) is 20.8 Å². The monoisotopic (exact) mass is 284 g/mol. The lowest BCUT2D eigenvalue weighted by atomic mass is 10.0. The van der Waals surface area contributed by atoms with Crippen LogP contribution in [0.3, 0.4) is 0 Å². The van der Waals surface area contributed by atoms with E-state index in [2.05, 4.69) is 10.3 Å². The fraction of sp³-hybridized carbons (Fsp3) is 0.462. The molecule has 0 unspecified atom stereocenters. The number of hydrogen-bond acceptors (Lipinski definition) is 4. The molecule has 0 radical (unpaired) electrons. The first-order chi connectivity index (χ1) is 8.91. The largest absolute Gasteiger partial charge is 0.481 e. The van der Waals surface area contributed by atoms with E-state index in [-0.39, 0.29) is 29.4 Å². The topological polar surface area (TPSA) is 68.3 Å². The zero-order chi connectivity index (χ0) is 14.4. The van der Waals surface area contributed by atoms with Crippen LogP contribution in [0.5, 0.6) is 5.75 Å². The number of aromatic nitrogens is 1. The normalized spacial score (nSPS) is 12.1. The number of hydrogen-bond donors (Lipinski definition) is 1. The first kappa shape index (κ1) is 15.4. The fourth-order valence-corrected chi connectivity index (χ4v) is 1.75. The van der Waals surface area contributed by atoms with Crippen molar-refractivity contribution in [3.63, 3.8) is 0 Å². The lowest BCUT2D eigenvalue weighted by molar-refractivity contribution is -0.129. The van der Waals surface area contributed by atoms with E-state index in [4.69, 9.17) is 16.3 Å². The summed E-state index contributed by atoms with van der Waals surface area (Å²) in [4.78, 5) is 26.9. The number of Topliss-reactive ketones (excluding diaryl/α,β-unsaturated/α-hetero) is 1. The molecule has 1 amide bonds. The fourth-order valence-electron chi connectivity index (χ4n) is 1.58. The molecule has 0 bridgehead atoms. The van der Waals surface area contributed by atoms with E-state index >= 15 is 0 Å². The van der Waals surface area contributed by atoms with Gasteiger partial charge in [0.2, 0.25) is 0 Å². The highest BCUT2D eigenvalue weighted by Crippen LogP contribution is 2.19. The van der Waals surface area contributed by atoms with E-state index < -0.39 is 6.04 Å². The Hall–Kier alpha value is -1.62. The van der Waals surface area contributed by atoms with Crippen molar-refractivity contribution in [1.82, 2.24) is 10.3 Å². The van der Waals surface area contributed by atoms with Gasteiger partial charge in [0.05, 0.1) is 6.04 Å². The summed E-state index contributed by atoms with van der Waals surface area (Å²) in [5, 5.41) is 2.83. The van der Waals surface area contributed by atoms with Gasteiger partial charge in [-0.1, -0.05) is 25.4 Å². The summed E-state index contributed by atoms with van der Waals surface area (Å²) in [7, 11) is 0. The van der Waals surface area contributed by atoms with Gasteiger partial charge in [-0.3, -0.25) is 9.59 Å². The highest BCUT2D eigenvalue weighted by Gasteiger charge is 2.20. The van der Waals surface area contributed by atoms with Crippen molar-refractivity contribution in [2.24, 2.45) is 5.92 Å². The van der Waals surface area contributed by atoms with Crippen LogP contribution < -0.4 is 10.1 Å². The Balaban J connectivity index is 2.52. The van der Waals surface area contributed by atoms with E-state index in [0.29, 0.717) is 5.75 Å². The van der Waals surface area contributed by atoms with Gasteiger partial charge >= 0.3 is 0 Å². The molecule has 1 aromatic heterocycles. The quantitative estimate of drug-likeness (QED) is 0.810. The van der Waals surface area contributed by atoms with E-state index in [1.54, 1.807) is 12.1 Å². The van der Waals surface area contributed by atoms with E-state index in [1.165, 1.54) is 13.1 Å². The van der Waals surface area contributed by atoms with Gasteiger partial charge in [0.15, 0.2) is 23.3 Å². The number of carbonyl (C=O) groups excluding carboxylic acids is 2. The Morgan fingerprint density at radius 2 is 2.16 bits per heavy atom. The van der Waals surface area contributed by atoms with Crippen molar-refractivity contribution < 1.29 is 14.3 Å². The van der Waals surface area contributed by atoms with Crippen molar-refractivity contribution in [3.8, 4) is 5.75 Å². The van der Waals surface area contributed by atoms with Crippen LogP contribution in [0, 0.1) is 5.92 Å². The maximum atomic E-state index is 11.7. The minimum atomic E-state index is -0.500. The van der Waals surface area contributed by atoms with E-state index in [9.17, 15) is 9.59 Å². The van der Waals surface area contributed by atoms with Crippen molar-refractivity contribution in [2.45, 2.75) is 26.8 Å². The van der Waals surface area contributed by atoms with Crippen LogP contribution in [0.4, 0.5) is 0 Å². The Labute approximate surface area is 117 Å². The first-order valence-electron chi connectivity index (χ1n) is 5.95. The van der Waals surface area contributed by atoms with Gasteiger partial charge in [0.1, 0.15) is 0 Å². The van der Waals surface area contributed by atoms with Gasteiger partial charge in [0.25, 0.3) is 5.91 Å². The zero-order valence-corrected chi connectivity index (χ0v) is 11.9. The molecule has 0 aliphatic heterocycles. The summed E-state index contributed by atoms with van der Waals surface area (Å²) in [6, 6.07) is 2.78. The lowest BCUT2D eigenvalue weighted by Crippen LogP contribution is -2.45. The zero-order valence-electron chi connectivity index (χ0n) is 11.1. The molecule has 1 atom stereocenters. The molecule has 5 nitrogen and oxygen atoms in total. The molecule has 0 aromatic carbocycles. The molecule has 0 fully saturated rings. The van der Waals surface area contributed by atoms with E-state index in [0.717, 1.165) is 0 Å². The summed E-state index contributed by atoms with van der Waals surface area (Å²) >= 11 is 5.79. The maximum Gasteiger partial charge on any atom is 0.258 e. The average molecular weight is 285 g/mol. The van der Waals surface area contributed by atoms with Crippen LogP contribution in [-0.2, 0) is 9.59 Å². The molecule has 1 N–H and O–H groups in total. The molecule has 1 heterocycles. The summed E-state index contributed by atoms with van der Waals surface area (Å²) in [5.41, 5.74) is 0. The van der Waals surface area contributed by atoms with Crippen molar-refractivity contribution in [2.75, 3.05) is 6.61 Å². The molecule has 1 aromatic rings. The van der Waals surface area contributed by atoms with Gasteiger partial charge in [0, 0.05) is 6.20 Å². The van der Waals surface area contributed by atoms with Crippen molar-refractivity contribution in [3.05, 3.63) is 23.5 Å². The number of pyridine rings is 1. The molecule has 0 saturated carbocycles. The van der Waals surface area contributed by atoms with Crippen LogP contribution in [-0.4, -0.2) is 29.3 Å². The predicted octanol–water partition coefficient (Wildman–Crippen LogP) is 1.84. The second-order valence-electron chi connectivity index (χ2n) is 4.48. The van der Waals surface area contributed by atoms with Crippen molar-refractivity contribution in [1.29, 1.82) is 0 Å². The third-order valence-electron chi connectivity index (χ3n) is 2.50. The van der Waals surface area contributed by atoms with Crippen molar-refractivity contribution >= 4 is 23.3 Å². The molecular formula is C13H17ClN2O3. The van der Waals surface area contributed by atoms with Crippen LogP contribution >= 0.6 is 11.6 Å². The second kappa shape index (κ2) is 7.09. The van der Waals surface area contributed by atoms with Gasteiger partial charge in [-0.15, -0.1) is 0 Å². The SMILES string of the molecule is CC(=O)[C@H](NC(=O)COc1cccnc1Cl)C(C)C. The van der Waals surface area contributed by atoms with Gasteiger partial charge < -0.3 is 10.1 Å². The van der Waals surface area contributed by atoms with Crippen LogP contribution in [0.15, 0.2) is 18.3 Å². The molecule has 1 rings (SSSR count). The predicted molar refractivity (Wildman–Crippen MR) is 72.2 cm³/mol. The number of nitrogens with zero attached hydrogens (tertiary/aromatic N) is 1. The summed E-state index contributed by atoms with van der Waals surface area (Å²) in [6.07, 6.45) is 1.53. The molecular weight excluding hydrogens is 268 g/mol.